The summed E-state index contributed by atoms with van der Waals surface area (Å²) >= 11 is 0. The molecule has 1 aromatic rings. The summed E-state index contributed by atoms with van der Waals surface area (Å²) in [5.74, 6) is -0.0267. The van der Waals surface area contributed by atoms with Gasteiger partial charge in [0.25, 0.3) is 5.91 Å². The van der Waals surface area contributed by atoms with Crippen molar-refractivity contribution in [2.24, 2.45) is 0 Å². The Kier molecular flexibility index (Phi) is 7.91. The molecule has 0 bridgehead atoms. The molecule has 2 N–H and O–H groups in total. The molecule has 4 nitrogen and oxygen atoms in total. The third-order valence-corrected chi connectivity index (χ3v) is 2.81. The van der Waals surface area contributed by atoms with Crippen molar-refractivity contribution in [3.63, 3.8) is 0 Å². The Morgan fingerprint density at radius 2 is 2.22 bits per heavy atom. The molecule has 0 radical (unpaired) electrons. The van der Waals surface area contributed by atoms with Crippen LogP contribution in [0.5, 0.6) is 0 Å². The van der Waals surface area contributed by atoms with E-state index in [1.165, 1.54) is 0 Å². The van der Waals surface area contributed by atoms with Crippen LogP contribution in [0.4, 0.5) is 0 Å². The van der Waals surface area contributed by atoms with Gasteiger partial charge in [0.1, 0.15) is 0 Å². The molecule has 0 saturated carbocycles. The van der Waals surface area contributed by atoms with E-state index in [0.29, 0.717) is 5.56 Å². The quantitative estimate of drug-likeness (QED) is 0.872. The highest BCUT2D eigenvalue weighted by Crippen LogP contribution is 2.04. The average molecular weight is 292 g/mol. The number of nitrogens with one attached hydrogen (secondary N) is 2. The standard InChI is InChI=1S/C12H17N3O.2ClH/c1-9-4-5-10(7-14-9)12(16)15-11-3-2-6-13-8-11;;/h4-5,7,11,13H,2-3,6,8H2,1H3,(H,15,16);2*1H/t11-;;/m0../s1. The number of aryl methyl sites for hydroxylation is 1. The lowest BCUT2D eigenvalue weighted by atomic mass is 10.1. The van der Waals surface area contributed by atoms with E-state index >= 15 is 0 Å². The summed E-state index contributed by atoms with van der Waals surface area (Å²) in [7, 11) is 0. The van der Waals surface area contributed by atoms with Gasteiger partial charge in [0.15, 0.2) is 0 Å². The van der Waals surface area contributed by atoms with Crippen molar-refractivity contribution >= 4 is 30.7 Å². The first-order valence-corrected chi connectivity index (χ1v) is 5.70. The maximum absolute atomic E-state index is 11.8. The number of halogens is 2. The minimum absolute atomic E-state index is 0. The lowest BCUT2D eigenvalue weighted by Crippen LogP contribution is -2.45. The summed E-state index contributed by atoms with van der Waals surface area (Å²) in [6.45, 7) is 3.83. The molecule has 1 aromatic heterocycles. The molecule has 1 aliphatic rings. The van der Waals surface area contributed by atoms with Crippen molar-refractivity contribution < 1.29 is 4.79 Å². The predicted molar refractivity (Wildman–Crippen MR) is 76.8 cm³/mol. The molecule has 0 aromatic carbocycles. The lowest BCUT2D eigenvalue weighted by Gasteiger charge is -2.23. The Morgan fingerprint density at radius 3 is 2.78 bits per heavy atom. The Morgan fingerprint density at radius 1 is 1.44 bits per heavy atom. The molecule has 102 valence electrons. The van der Waals surface area contributed by atoms with Crippen molar-refractivity contribution in [2.75, 3.05) is 13.1 Å². The van der Waals surface area contributed by atoms with E-state index in [0.717, 1.165) is 31.6 Å². The molecule has 6 heteroatoms. The predicted octanol–water partition coefficient (Wildman–Crippen LogP) is 1.72. The highest BCUT2D eigenvalue weighted by Gasteiger charge is 2.16. The number of hydrogen-bond acceptors (Lipinski definition) is 3. The molecule has 2 heterocycles. The minimum Gasteiger partial charge on any atom is -0.348 e. The Labute approximate surface area is 120 Å². The van der Waals surface area contributed by atoms with Gasteiger partial charge in [-0.2, -0.15) is 0 Å². The highest BCUT2D eigenvalue weighted by atomic mass is 35.5. The van der Waals surface area contributed by atoms with Crippen LogP contribution in [0.15, 0.2) is 18.3 Å². The van der Waals surface area contributed by atoms with Gasteiger partial charge >= 0.3 is 0 Å². The fraction of sp³-hybridized carbons (Fsp3) is 0.500. The van der Waals surface area contributed by atoms with E-state index in [1.807, 2.05) is 19.1 Å². The van der Waals surface area contributed by atoms with Crippen molar-refractivity contribution in [3.8, 4) is 0 Å². The Hall–Kier alpha value is -0.840. The third kappa shape index (κ3) is 4.80. The summed E-state index contributed by atoms with van der Waals surface area (Å²) in [5.41, 5.74) is 1.56. The Balaban J connectivity index is 0.00000144. The monoisotopic (exact) mass is 291 g/mol. The van der Waals surface area contributed by atoms with Crippen molar-refractivity contribution in [2.45, 2.75) is 25.8 Å². The SMILES string of the molecule is Cc1ccc(C(=O)N[C@H]2CCCNC2)cn1.Cl.Cl. The van der Waals surface area contributed by atoms with Crippen LogP contribution in [0, 0.1) is 6.92 Å². The Bertz CT molecular complexity index is 364. The number of hydrogen-bond donors (Lipinski definition) is 2. The first-order valence-electron chi connectivity index (χ1n) is 5.70. The molecule has 18 heavy (non-hydrogen) atoms. The molecule has 1 atom stereocenters. The normalized spacial score (nSPS) is 18.2. The van der Waals surface area contributed by atoms with Crippen molar-refractivity contribution in [3.05, 3.63) is 29.6 Å². The third-order valence-electron chi connectivity index (χ3n) is 2.81. The second-order valence-electron chi connectivity index (χ2n) is 4.20. The van der Waals surface area contributed by atoms with Gasteiger partial charge in [-0.1, -0.05) is 0 Å². The first-order chi connectivity index (χ1) is 7.75. The van der Waals surface area contributed by atoms with Gasteiger partial charge in [-0.25, -0.2) is 0 Å². The smallest absolute Gasteiger partial charge is 0.253 e. The minimum atomic E-state index is -0.0267. The molecule has 0 aliphatic carbocycles. The molecule has 0 unspecified atom stereocenters. The maximum atomic E-state index is 11.8. The largest absolute Gasteiger partial charge is 0.348 e. The molecular formula is C12H19Cl2N3O. The maximum Gasteiger partial charge on any atom is 0.253 e. The first kappa shape index (κ1) is 17.2. The number of carbonyl (C=O) groups is 1. The van der Waals surface area contributed by atoms with E-state index in [4.69, 9.17) is 0 Å². The summed E-state index contributed by atoms with van der Waals surface area (Å²) in [6.07, 6.45) is 3.80. The number of aromatic nitrogens is 1. The average Bonchev–Trinajstić information content (AvgIpc) is 2.31. The van der Waals surface area contributed by atoms with Crippen LogP contribution >= 0.6 is 24.8 Å². The number of pyridine rings is 1. The topological polar surface area (TPSA) is 54.0 Å². The van der Waals surface area contributed by atoms with Crippen LogP contribution < -0.4 is 10.6 Å². The van der Waals surface area contributed by atoms with E-state index < -0.39 is 0 Å². The summed E-state index contributed by atoms with van der Waals surface area (Å²) in [5, 5.41) is 6.28. The molecule has 1 fully saturated rings. The van der Waals surface area contributed by atoms with Crippen LogP contribution in [0.25, 0.3) is 0 Å². The number of nitrogens with zero attached hydrogens (tertiary/aromatic N) is 1. The molecular weight excluding hydrogens is 273 g/mol. The van der Waals surface area contributed by atoms with Gasteiger partial charge in [-0.15, -0.1) is 24.8 Å². The molecule has 1 saturated heterocycles. The second kappa shape index (κ2) is 8.29. The number of rotatable bonds is 2. The van der Waals surface area contributed by atoms with Gasteiger partial charge < -0.3 is 10.6 Å². The van der Waals surface area contributed by atoms with Gasteiger partial charge in [0.05, 0.1) is 5.56 Å². The molecule has 2 rings (SSSR count). The fourth-order valence-corrected chi connectivity index (χ4v) is 1.85. The molecule has 1 amide bonds. The zero-order valence-electron chi connectivity index (χ0n) is 10.3. The summed E-state index contributed by atoms with van der Waals surface area (Å²) in [4.78, 5) is 16.0. The van der Waals surface area contributed by atoms with Gasteiger partial charge in [0, 0.05) is 24.5 Å². The zero-order valence-corrected chi connectivity index (χ0v) is 11.9. The fourth-order valence-electron chi connectivity index (χ4n) is 1.85. The summed E-state index contributed by atoms with van der Waals surface area (Å²) in [6, 6.07) is 3.92. The van der Waals surface area contributed by atoms with Crippen LogP contribution in [-0.4, -0.2) is 30.0 Å². The van der Waals surface area contributed by atoms with Gasteiger partial charge in [-0.05, 0) is 38.4 Å². The number of piperidine rings is 1. The zero-order chi connectivity index (χ0) is 11.4. The number of amides is 1. The van der Waals surface area contributed by atoms with E-state index in [-0.39, 0.29) is 36.8 Å². The van der Waals surface area contributed by atoms with Crippen LogP contribution in [0.1, 0.15) is 28.9 Å². The van der Waals surface area contributed by atoms with Crippen LogP contribution in [0.3, 0.4) is 0 Å². The van der Waals surface area contributed by atoms with Gasteiger partial charge in [0.2, 0.25) is 0 Å². The van der Waals surface area contributed by atoms with Crippen molar-refractivity contribution in [1.82, 2.24) is 15.6 Å². The van der Waals surface area contributed by atoms with Crippen LogP contribution in [-0.2, 0) is 0 Å². The summed E-state index contributed by atoms with van der Waals surface area (Å²) < 4.78 is 0. The molecule has 0 spiro atoms. The molecule has 1 aliphatic heterocycles. The lowest BCUT2D eigenvalue weighted by molar-refractivity contribution is 0.0930. The van der Waals surface area contributed by atoms with Crippen LogP contribution in [0.2, 0.25) is 0 Å². The van der Waals surface area contributed by atoms with E-state index in [1.54, 1.807) is 6.20 Å². The van der Waals surface area contributed by atoms with E-state index in [9.17, 15) is 4.79 Å². The van der Waals surface area contributed by atoms with Crippen molar-refractivity contribution in [1.29, 1.82) is 0 Å². The van der Waals surface area contributed by atoms with E-state index in [2.05, 4.69) is 15.6 Å². The second-order valence-corrected chi connectivity index (χ2v) is 4.20. The number of carbonyl (C=O) groups excluding carboxylic acids is 1. The highest BCUT2D eigenvalue weighted by molar-refractivity contribution is 5.94. The van der Waals surface area contributed by atoms with Gasteiger partial charge in [-0.3, -0.25) is 9.78 Å².